The van der Waals surface area contributed by atoms with Crippen LogP contribution in [0.15, 0.2) is 152 Å². The third-order valence-electron chi connectivity index (χ3n) is 13.4. The molecule has 4 saturated carbocycles. The van der Waals surface area contributed by atoms with Gasteiger partial charge in [0.2, 0.25) is 0 Å². The summed E-state index contributed by atoms with van der Waals surface area (Å²) in [5, 5.41) is 10.2. The minimum atomic E-state index is -0.612. The Balaban J connectivity index is 1.16. The molecule has 1 atom stereocenters. The first-order valence-electron chi connectivity index (χ1n) is 19.8. The van der Waals surface area contributed by atoms with Crippen LogP contribution in [-0.4, -0.2) is 15.0 Å². The van der Waals surface area contributed by atoms with Gasteiger partial charge in [-0.25, -0.2) is 15.0 Å². The Kier molecular flexibility index (Phi) is 7.29. The molecule has 0 spiro atoms. The zero-order chi connectivity index (χ0) is 36.6. The number of hydrogen-bond donors (Lipinski definition) is 0. The Bertz CT molecular complexity index is 2550. The number of nitrogens with zero attached hydrogens (tertiary/aromatic N) is 4. The highest BCUT2D eigenvalue weighted by Crippen LogP contribution is 2.63. The van der Waals surface area contributed by atoms with E-state index in [0.29, 0.717) is 23.0 Å². The molecule has 1 unspecified atom stereocenters. The van der Waals surface area contributed by atoms with E-state index in [-0.39, 0.29) is 5.41 Å². The molecule has 4 nitrogen and oxygen atoms in total. The lowest BCUT2D eigenvalue weighted by molar-refractivity contribution is -0.00522. The van der Waals surface area contributed by atoms with E-state index in [1.807, 2.05) is 42.5 Å². The van der Waals surface area contributed by atoms with Gasteiger partial charge in [-0.2, -0.15) is 5.26 Å². The fourth-order valence-electron chi connectivity index (χ4n) is 11.5. The molecular formula is C51H40N4. The van der Waals surface area contributed by atoms with Crippen molar-refractivity contribution in [3.05, 3.63) is 185 Å². The lowest BCUT2D eigenvalue weighted by Gasteiger charge is -2.57. The maximum atomic E-state index is 10.2. The third kappa shape index (κ3) is 5.06. The summed E-state index contributed by atoms with van der Waals surface area (Å²) in [5.41, 5.74) is 11.9. The van der Waals surface area contributed by atoms with Gasteiger partial charge in [-0.05, 0) is 119 Å². The van der Waals surface area contributed by atoms with E-state index in [0.717, 1.165) is 40.0 Å². The number of rotatable bonds is 6. The van der Waals surface area contributed by atoms with E-state index in [4.69, 9.17) is 15.0 Å². The number of hydrogen-bond acceptors (Lipinski definition) is 4. The smallest absolute Gasteiger partial charge is 0.164 e. The van der Waals surface area contributed by atoms with Crippen LogP contribution in [0.3, 0.4) is 0 Å². The van der Waals surface area contributed by atoms with Gasteiger partial charge in [0.15, 0.2) is 17.5 Å². The summed E-state index contributed by atoms with van der Waals surface area (Å²) < 4.78 is 0. The summed E-state index contributed by atoms with van der Waals surface area (Å²) in [7, 11) is 0. The van der Waals surface area contributed by atoms with Gasteiger partial charge in [-0.15, -0.1) is 0 Å². The molecule has 0 aliphatic heterocycles. The first-order chi connectivity index (χ1) is 27.1. The molecule has 5 aliphatic rings. The first kappa shape index (κ1) is 32.3. The Morgan fingerprint density at radius 3 is 1.62 bits per heavy atom. The second-order valence-corrected chi connectivity index (χ2v) is 16.6. The van der Waals surface area contributed by atoms with Crippen molar-refractivity contribution < 1.29 is 0 Å². The Morgan fingerprint density at radius 1 is 0.455 bits per heavy atom. The second kappa shape index (κ2) is 12.4. The monoisotopic (exact) mass is 708 g/mol. The zero-order valence-electron chi connectivity index (χ0n) is 30.7. The molecule has 1 heterocycles. The molecule has 4 bridgehead atoms. The van der Waals surface area contributed by atoms with Crippen LogP contribution in [0.2, 0.25) is 0 Å². The molecule has 264 valence electrons. The van der Waals surface area contributed by atoms with Crippen LogP contribution < -0.4 is 0 Å². The maximum absolute atomic E-state index is 10.2. The Labute approximate surface area is 322 Å². The van der Waals surface area contributed by atoms with Crippen LogP contribution in [0.1, 0.15) is 71.9 Å². The highest BCUT2D eigenvalue weighted by Gasteiger charge is 2.53. The molecule has 55 heavy (non-hydrogen) atoms. The number of nitriles is 1. The van der Waals surface area contributed by atoms with Crippen molar-refractivity contribution in [2.75, 3.05) is 0 Å². The molecule has 6 aromatic carbocycles. The number of fused-ring (bicyclic) bond motifs is 3. The summed E-state index contributed by atoms with van der Waals surface area (Å²) in [6, 6.07) is 56.3. The van der Waals surface area contributed by atoms with Crippen LogP contribution >= 0.6 is 0 Å². The van der Waals surface area contributed by atoms with Gasteiger partial charge in [0.1, 0.15) is 0 Å². The maximum Gasteiger partial charge on any atom is 0.164 e. The predicted molar refractivity (Wildman–Crippen MR) is 218 cm³/mol. The summed E-state index contributed by atoms with van der Waals surface area (Å²) in [6.07, 6.45) is 8.19. The van der Waals surface area contributed by atoms with Gasteiger partial charge in [-0.1, -0.05) is 133 Å². The lowest BCUT2D eigenvalue weighted by atomic mass is 9.48. The molecule has 4 fully saturated rings. The van der Waals surface area contributed by atoms with E-state index in [9.17, 15) is 5.26 Å². The molecule has 0 saturated heterocycles. The fraction of sp³-hybridized carbons (Fsp3) is 0.216. The average Bonchev–Trinajstić information content (AvgIpc) is 3.54. The molecule has 7 aromatic rings. The topological polar surface area (TPSA) is 62.5 Å². The molecular weight excluding hydrogens is 669 g/mol. The summed E-state index contributed by atoms with van der Waals surface area (Å²) in [4.78, 5) is 15.2. The van der Waals surface area contributed by atoms with Crippen LogP contribution in [0.25, 0.3) is 45.3 Å². The summed E-state index contributed by atoms with van der Waals surface area (Å²) >= 11 is 0. The first-order valence-corrected chi connectivity index (χ1v) is 19.8. The molecule has 0 N–H and O–H groups in total. The summed E-state index contributed by atoms with van der Waals surface area (Å²) in [5.74, 6) is 4.51. The van der Waals surface area contributed by atoms with Gasteiger partial charge in [0, 0.05) is 16.7 Å². The van der Waals surface area contributed by atoms with E-state index in [1.165, 1.54) is 71.9 Å². The van der Waals surface area contributed by atoms with E-state index >= 15 is 0 Å². The molecule has 4 heteroatoms. The average molecular weight is 709 g/mol. The second-order valence-electron chi connectivity index (χ2n) is 16.6. The van der Waals surface area contributed by atoms with Crippen molar-refractivity contribution in [1.29, 1.82) is 5.26 Å². The highest BCUT2D eigenvalue weighted by molar-refractivity contribution is 5.89. The van der Waals surface area contributed by atoms with Gasteiger partial charge in [0.05, 0.1) is 17.0 Å². The van der Waals surface area contributed by atoms with Gasteiger partial charge in [0.25, 0.3) is 0 Å². The molecule has 0 amide bonds. The van der Waals surface area contributed by atoms with E-state index < -0.39 is 5.41 Å². The lowest BCUT2D eigenvalue weighted by Crippen LogP contribution is -2.48. The number of benzene rings is 6. The van der Waals surface area contributed by atoms with Crippen LogP contribution in [-0.2, 0) is 10.8 Å². The van der Waals surface area contributed by atoms with Crippen molar-refractivity contribution in [3.63, 3.8) is 0 Å². The minimum Gasteiger partial charge on any atom is -0.208 e. The van der Waals surface area contributed by atoms with Gasteiger partial charge in [-0.3, -0.25) is 0 Å². The largest absolute Gasteiger partial charge is 0.208 e. The Morgan fingerprint density at radius 2 is 1.02 bits per heavy atom. The van der Waals surface area contributed by atoms with Crippen LogP contribution in [0, 0.1) is 29.1 Å². The van der Waals surface area contributed by atoms with Crippen molar-refractivity contribution in [3.8, 4) is 51.4 Å². The fourth-order valence-corrected chi connectivity index (χ4v) is 11.5. The van der Waals surface area contributed by atoms with Crippen molar-refractivity contribution >= 4 is 0 Å². The van der Waals surface area contributed by atoms with Crippen LogP contribution in [0.4, 0.5) is 0 Å². The SMILES string of the molecule is N#Cc1cccc(C2(c3ccccc3)c3ccc(-c4nc(-c5ccccc5)nc(-c5ccccc5)n4)cc3-c3ccc(C45CC6CC(CC(C6)C4)C5)cc32)c1. The van der Waals surface area contributed by atoms with Crippen LogP contribution in [0.5, 0.6) is 0 Å². The van der Waals surface area contributed by atoms with Gasteiger partial charge < -0.3 is 0 Å². The molecule has 12 rings (SSSR count). The Hall–Kier alpha value is -6.18. The highest BCUT2D eigenvalue weighted by atomic mass is 15.0. The van der Waals surface area contributed by atoms with Gasteiger partial charge >= 0.3 is 0 Å². The predicted octanol–water partition coefficient (Wildman–Crippen LogP) is 11.6. The quantitative estimate of drug-likeness (QED) is 0.172. The van der Waals surface area contributed by atoms with E-state index in [1.54, 1.807) is 0 Å². The standard InChI is InChI=1S/C51H40N4/c52-32-33-11-10-18-42(26-33)51(40-16-8-3-9-17-40)45-22-19-39(49-54-47(37-12-4-1-5-13-37)53-48(55-49)38-14-6-2-7-15-38)27-44(45)43-21-20-41(28-46(43)51)50-29-34-23-35(30-50)25-36(24-34)31-50/h1-22,26-28,34-36H,23-25,29-31H2. The summed E-state index contributed by atoms with van der Waals surface area (Å²) in [6.45, 7) is 0. The zero-order valence-corrected chi connectivity index (χ0v) is 30.7. The number of aromatic nitrogens is 3. The van der Waals surface area contributed by atoms with Crippen molar-refractivity contribution in [1.82, 2.24) is 15.0 Å². The molecule has 0 radical (unpaired) electrons. The minimum absolute atomic E-state index is 0.243. The van der Waals surface area contributed by atoms with E-state index in [2.05, 4.69) is 115 Å². The van der Waals surface area contributed by atoms with Crippen molar-refractivity contribution in [2.24, 2.45) is 17.8 Å². The molecule has 5 aliphatic carbocycles. The normalized spacial score (nSPS) is 24.2. The third-order valence-corrected chi connectivity index (χ3v) is 13.4. The van der Waals surface area contributed by atoms with Crippen molar-refractivity contribution in [2.45, 2.75) is 49.4 Å². The molecule has 1 aromatic heterocycles.